The Morgan fingerprint density at radius 1 is 1.08 bits per heavy atom. The fraction of sp³-hybridized carbons (Fsp3) is 0.368. The van der Waals surface area contributed by atoms with Gasteiger partial charge in [0, 0.05) is 0 Å². The number of aryl methyl sites for hydroxylation is 1. The molecule has 1 heterocycles. The first-order valence-corrected chi connectivity index (χ1v) is 8.29. The van der Waals surface area contributed by atoms with Crippen molar-refractivity contribution < 1.29 is 10.2 Å². The van der Waals surface area contributed by atoms with E-state index in [1.165, 1.54) is 4.80 Å². The van der Waals surface area contributed by atoms with Crippen molar-refractivity contribution >= 4 is 11.0 Å². The van der Waals surface area contributed by atoms with Crippen molar-refractivity contribution in [3.63, 3.8) is 0 Å². The fourth-order valence-electron chi connectivity index (χ4n) is 2.82. The third kappa shape index (κ3) is 2.87. The third-order valence-electron chi connectivity index (χ3n) is 4.29. The highest BCUT2D eigenvalue weighted by molar-refractivity contribution is 5.75. The van der Waals surface area contributed by atoms with Gasteiger partial charge < -0.3 is 10.2 Å². The molecule has 0 saturated carbocycles. The van der Waals surface area contributed by atoms with E-state index in [4.69, 9.17) is 0 Å². The topological polar surface area (TPSA) is 71.2 Å². The van der Waals surface area contributed by atoms with Crippen molar-refractivity contribution in [3.05, 3.63) is 47.0 Å². The van der Waals surface area contributed by atoms with Crippen LogP contribution in [0.5, 0.6) is 5.75 Å². The van der Waals surface area contributed by atoms with Crippen molar-refractivity contribution in [2.75, 3.05) is 0 Å². The van der Waals surface area contributed by atoms with Crippen LogP contribution in [0.2, 0.25) is 0 Å². The van der Waals surface area contributed by atoms with E-state index in [-0.39, 0.29) is 11.7 Å². The van der Waals surface area contributed by atoms with Crippen LogP contribution in [0.4, 0.5) is 0 Å². The molecule has 0 spiro atoms. The third-order valence-corrected chi connectivity index (χ3v) is 4.29. The van der Waals surface area contributed by atoms with Gasteiger partial charge in [-0.05, 0) is 60.2 Å². The molecule has 0 aliphatic rings. The Balaban J connectivity index is 2.22. The summed E-state index contributed by atoms with van der Waals surface area (Å²) in [5.74, 6) is 0.286. The molecule has 1 unspecified atom stereocenters. The molecule has 2 N–H and O–H groups in total. The van der Waals surface area contributed by atoms with Gasteiger partial charge in [0.1, 0.15) is 22.5 Å². The monoisotopic (exact) mass is 325 g/mol. The normalized spacial score (nSPS) is 12.9. The van der Waals surface area contributed by atoms with Gasteiger partial charge in [-0.1, -0.05) is 26.8 Å². The minimum absolute atomic E-state index is 0.125. The quantitative estimate of drug-likeness (QED) is 0.760. The molecule has 3 rings (SSSR count). The van der Waals surface area contributed by atoms with Crippen LogP contribution in [0.3, 0.4) is 0 Å². The Labute approximate surface area is 141 Å². The highest BCUT2D eigenvalue weighted by Crippen LogP contribution is 2.35. The summed E-state index contributed by atoms with van der Waals surface area (Å²) in [5.41, 5.74) is 4.71. The molecular formula is C19H23N3O2. The number of hydrogen-bond donors (Lipinski definition) is 2. The van der Waals surface area contributed by atoms with E-state index >= 15 is 0 Å². The van der Waals surface area contributed by atoms with E-state index in [1.807, 2.05) is 52.0 Å². The SMILES string of the molecule is CCC(O)c1cc(C(C)C)c(O)c(-n2nc3ccc(C)cc3n2)c1. The number of aromatic hydroxyl groups is 1. The van der Waals surface area contributed by atoms with Gasteiger partial charge in [-0.15, -0.1) is 15.0 Å². The van der Waals surface area contributed by atoms with Gasteiger partial charge in [0.15, 0.2) is 0 Å². The molecule has 24 heavy (non-hydrogen) atoms. The van der Waals surface area contributed by atoms with Crippen molar-refractivity contribution in [3.8, 4) is 11.4 Å². The summed E-state index contributed by atoms with van der Waals surface area (Å²) in [6, 6.07) is 9.49. The second-order valence-electron chi connectivity index (χ2n) is 6.54. The standard InChI is InChI=1S/C19H23N3O2/c1-5-18(23)13-9-14(11(2)3)19(24)17(10-13)22-20-15-7-6-12(4)8-16(15)21-22/h6-11,18,23-24H,5H2,1-4H3. The van der Waals surface area contributed by atoms with E-state index in [0.717, 1.165) is 27.7 Å². The van der Waals surface area contributed by atoms with Crippen LogP contribution in [0.15, 0.2) is 30.3 Å². The van der Waals surface area contributed by atoms with Crippen molar-refractivity contribution in [1.82, 2.24) is 15.0 Å². The summed E-state index contributed by atoms with van der Waals surface area (Å²) >= 11 is 0. The maximum atomic E-state index is 10.7. The number of phenolic OH excluding ortho intramolecular Hbond substituents is 1. The fourth-order valence-corrected chi connectivity index (χ4v) is 2.82. The molecule has 0 aliphatic carbocycles. The molecule has 126 valence electrons. The summed E-state index contributed by atoms with van der Waals surface area (Å²) in [5, 5.41) is 29.9. The Kier molecular flexibility index (Phi) is 4.28. The molecule has 1 aromatic heterocycles. The lowest BCUT2D eigenvalue weighted by atomic mass is 9.95. The van der Waals surface area contributed by atoms with E-state index in [1.54, 1.807) is 6.07 Å². The summed E-state index contributed by atoms with van der Waals surface area (Å²) in [6.45, 7) is 7.95. The van der Waals surface area contributed by atoms with Gasteiger partial charge in [-0.3, -0.25) is 0 Å². The number of rotatable bonds is 4. The maximum absolute atomic E-state index is 10.7. The molecule has 0 saturated heterocycles. The lowest BCUT2D eigenvalue weighted by molar-refractivity contribution is 0.173. The number of hydrogen-bond acceptors (Lipinski definition) is 4. The average molecular weight is 325 g/mol. The molecule has 5 heteroatoms. The number of nitrogens with zero attached hydrogens (tertiary/aromatic N) is 3. The number of benzene rings is 2. The van der Waals surface area contributed by atoms with Crippen LogP contribution in [0.25, 0.3) is 16.7 Å². The van der Waals surface area contributed by atoms with Gasteiger partial charge >= 0.3 is 0 Å². The Bertz CT molecular complexity index is 884. The summed E-state index contributed by atoms with van der Waals surface area (Å²) in [7, 11) is 0. The molecule has 3 aromatic rings. The van der Waals surface area contributed by atoms with Gasteiger partial charge in [0.25, 0.3) is 0 Å². The summed E-state index contributed by atoms with van der Waals surface area (Å²) < 4.78 is 0. The smallest absolute Gasteiger partial charge is 0.146 e. The Morgan fingerprint density at radius 3 is 2.46 bits per heavy atom. The minimum atomic E-state index is -0.575. The van der Waals surface area contributed by atoms with Crippen LogP contribution in [-0.4, -0.2) is 25.2 Å². The maximum Gasteiger partial charge on any atom is 0.146 e. The Hall–Kier alpha value is -2.40. The van der Waals surface area contributed by atoms with Crippen LogP contribution in [0, 0.1) is 6.92 Å². The predicted octanol–water partition coefficient (Wildman–Crippen LogP) is 4.00. The van der Waals surface area contributed by atoms with Crippen molar-refractivity contribution in [2.45, 2.75) is 46.1 Å². The van der Waals surface area contributed by atoms with E-state index in [2.05, 4.69) is 10.2 Å². The molecule has 2 aromatic carbocycles. The minimum Gasteiger partial charge on any atom is -0.505 e. The highest BCUT2D eigenvalue weighted by atomic mass is 16.3. The van der Waals surface area contributed by atoms with Gasteiger partial charge in [-0.2, -0.15) is 0 Å². The Morgan fingerprint density at radius 2 is 1.79 bits per heavy atom. The molecule has 5 nitrogen and oxygen atoms in total. The van der Waals surface area contributed by atoms with Crippen molar-refractivity contribution in [1.29, 1.82) is 0 Å². The van der Waals surface area contributed by atoms with Crippen LogP contribution in [0.1, 0.15) is 55.9 Å². The van der Waals surface area contributed by atoms with Gasteiger partial charge in [-0.25, -0.2) is 0 Å². The van der Waals surface area contributed by atoms with Crippen molar-refractivity contribution in [2.24, 2.45) is 0 Å². The number of fused-ring (bicyclic) bond motifs is 1. The van der Waals surface area contributed by atoms with Gasteiger partial charge in [0.2, 0.25) is 0 Å². The first kappa shape index (κ1) is 16.5. The largest absolute Gasteiger partial charge is 0.505 e. The molecule has 0 bridgehead atoms. The highest BCUT2D eigenvalue weighted by Gasteiger charge is 2.18. The lowest BCUT2D eigenvalue weighted by Crippen LogP contribution is -2.05. The summed E-state index contributed by atoms with van der Waals surface area (Å²) in [4.78, 5) is 1.46. The zero-order valence-electron chi connectivity index (χ0n) is 14.5. The molecular weight excluding hydrogens is 302 g/mol. The van der Waals surface area contributed by atoms with Crippen LogP contribution in [-0.2, 0) is 0 Å². The van der Waals surface area contributed by atoms with E-state index in [0.29, 0.717) is 12.1 Å². The number of aliphatic hydroxyl groups is 1. The van der Waals surface area contributed by atoms with E-state index < -0.39 is 6.10 Å². The predicted molar refractivity (Wildman–Crippen MR) is 94.6 cm³/mol. The summed E-state index contributed by atoms with van der Waals surface area (Å²) in [6.07, 6.45) is 0.0317. The second-order valence-corrected chi connectivity index (χ2v) is 6.54. The average Bonchev–Trinajstić information content (AvgIpc) is 2.96. The molecule has 0 aliphatic heterocycles. The molecule has 0 amide bonds. The molecule has 0 fully saturated rings. The van der Waals surface area contributed by atoms with E-state index in [9.17, 15) is 10.2 Å². The van der Waals surface area contributed by atoms with Gasteiger partial charge in [0.05, 0.1) is 6.10 Å². The number of aromatic nitrogens is 3. The first-order valence-electron chi connectivity index (χ1n) is 8.29. The van der Waals surface area contributed by atoms with Crippen LogP contribution >= 0.6 is 0 Å². The zero-order chi connectivity index (χ0) is 17.4. The first-order chi connectivity index (χ1) is 11.4. The number of aliphatic hydroxyl groups excluding tert-OH is 1. The molecule has 0 radical (unpaired) electrons. The number of phenols is 1. The van der Waals surface area contributed by atoms with Crippen LogP contribution < -0.4 is 0 Å². The molecule has 1 atom stereocenters. The lowest BCUT2D eigenvalue weighted by Gasteiger charge is -2.17. The zero-order valence-corrected chi connectivity index (χ0v) is 14.5. The second kappa shape index (κ2) is 6.24.